The molecule has 0 spiro atoms. The summed E-state index contributed by atoms with van der Waals surface area (Å²) in [5, 5.41) is 12.0. The fourth-order valence-corrected chi connectivity index (χ4v) is 3.54. The van der Waals surface area contributed by atoms with E-state index in [1.165, 1.54) is 17.2 Å². The predicted molar refractivity (Wildman–Crippen MR) is 81.0 cm³/mol. The van der Waals surface area contributed by atoms with Gasteiger partial charge in [0.05, 0.1) is 4.88 Å². The van der Waals surface area contributed by atoms with Crippen molar-refractivity contribution in [2.45, 2.75) is 25.3 Å². The third-order valence-corrected chi connectivity index (χ3v) is 4.81. The molecule has 1 aromatic carbocycles. The fourth-order valence-electron chi connectivity index (χ4n) is 2.80. The van der Waals surface area contributed by atoms with Crippen LogP contribution in [0, 0.1) is 0 Å². The quantitative estimate of drug-likeness (QED) is 0.916. The molecule has 0 aliphatic heterocycles. The summed E-state index contributed by atoms with van der Waals surface area (Å²) in [6.07, 6.45) is 1.60. The molecule has 0 saturated heterocycles. The van der Waals surface area contributed by atoms with Gasteiger partial charge in [0.1, 0.15) is 4.88 Å². The van der Waals surface area contributed by atoms with Gasteiger partial charge in [-0.15, -0.1) is 11.3 Å². The van der Waals surface area contributed by atoms with Gasteiger partial charge in [-0.25, -0.2) is 4.79 Å². The molecule has 0 unspecified atom stereocenters. The topological polar surface area (TPSA) is 66.4 Å². The Hall–Kier alpha value is -2.14. The molecule has 21 heavy (non-hydrogen) atoms. The number of fused-ring (bicyclic) bond motifs is 1. The number of nitrogens with one attached hydrogen (secondary N) is 1. The number of carbonyl (C=O) groups excluding carboxylic acids is 1. The summed E-state index contributed by atoms with van der Waals surface area (Å²) in [6.45, 7) is 2.02. The predicted octanol–water partition coefficient (Wildman–Crippen LogP) is 2.73. The van der Waals surface area contributed by atoms with Gasteiger partial charge >= 0.3 is 5.97 Å². The van der Waals surface area contributed by atoms with E-state index >= 15 is 0 Å². The number of aromatic carboxylic acids is 1. The summed E-state index contributed by atoms with van der Waals surface area (Å²) < 4.78 is 0. The van der Waals surface area contributed by atoms with E-state index < -0.39 is 5.97 Å². The minimum atomic E-state index is -1.00. The Bertz CT molecular complexity index is 695. The normalized spacial score (nSPS) is 15.5. The lowest BCUT2D eigenvalue weighted by atomic mass is 9.98. The van der Waals surface area contributed by atoms with Crippen LogP contribution in [0.25, 0.3) is 0 Å². The highest BCUT2D eigenvalue weighted by Crippen LogP contribution is 2.30. The first-order valence-electron chi connectivity index (χ1n) is 6.69. The maximum Gasteiger partial charge on any atom is 0.345 e. The highest BCUT2D eigenvalue weighted by Gasteiger charge is 2.34. The Balaban J connectivity index is 1.75. The van der Waals surface area contributed by atoms with E-state index in [0.29, 0.717) is 4.88 Å². The highest BCUT2D eigenvalue weighted by atomic mass is 32.1. The molecule has 2 N–H and O–H groups in total. The molecule has 108 valence electrons. The second-order valence-corrected chi connectivity index (χ2v) is 6.69. The molecule has 3 rings (SSSR count). The van der Waals surface area contributed by atoms with E-state index in [1.807, 2.05) is 19.1 Å². The van der Waals surface area contributed by atoms with Crippen LogP contribution in [-0.4, -0.2) is 22.5 Å². The zero-order valence-electron chi connectivity index (χ0n) is 11.6. The van der Waals surface area contributed by atoms with E-state index in [-0.39, 0.29) is 16.3 Å². The number of rotatable bonds is 3. The van der Waals surface area contributed by atoms with Gasteiger partial charge in [-0.2, -0.15) is 0 Å². The van der Waals surface area contributed by atoms with Crippen molar-refractivity contribution in [3.8, 4) is 0 Å². The van der Waals surface area contributed by atoms with Crippen molar-refractivity contribution in [3.63, 3.8) is 0 Å². The summed E-state index contributed by atoms with van der Waals surface area (Å²) in [4.78, 5) is 23.8. The zero-order chi connectivity index (χ0) is 15.0. The summed E-state index contributed by atoms with van der Waals surface area (Å²) in [6, 6.07) is 11.2. The number of amides is 1. The number of hydrogen-bond donors (Lipinski definition) is 2. The average molecular weight is 301 g/mol. The molecule has 0 atom stereocenters. The number of benzene rings is 1. The van der Waals surface area contributed by atoms with Gasteiger partial charge in [-0.1, -0.05) is 24.3 Å². The third kappa shape index (κ3) is 2.69. The zero-order valence-corrected chi connectivity index (χ0v) is 12.4. The lowest BCUT2D eigenvalue weighted by Crippen LogP contribution is -2.46. The second kappa shape index (κ2) is 5.00. The largest absolute Gasteiger partial charge is 0.477 e. The SMILES string of the molecule is CC1(NC(=O)c2ccc(C(=O)O)s2)Cc2ccccc2C1. The summed E-state index contributed by atoms with van der Waals surface area (Å²) in [5.41, 5.74) is 2.21. The molecular weight excluding hydrogens is 286 g/mol. The van der Waals surface area contributed by atoms with Crippen molar-refractivity contribution >= 4 is 23.2 Å². The maximum absolute atomic E-state index is 12.3. The second-order valence-electron chi connectivity index (χ2n) is 5.61. The molecule has 4 nitrogen and oxygen atoms in total. The van der Waals surface area contributed by atoms with E-state index in [9.17, 15) is 9.59 Å². The Labute approximate surface area is 126 Å². The average Bonchev–Trinajstić information content (AvgIpc) is 3.01. The van der Waals surface area contributed by atoms with Crippen molar-refractivity contribution in [2.24, 2.45) is 0 Å². The van der Waals surface area contributed by atoms with Crippen molar-refractivity contribution in [3.05, 3.63) is 57.3 Å². The standard InChI is InChI=1S/C16H15NO3S/c1-16(8-10-4-2-3-5-11(10)9-16)17-14(18)12-6-7-13(21-12)15(19)20/h2-7H,8-9H2,1H3,(H,17,18)(H,19,20). The maximum atomic E-state index is 12.3. The minimum Gasteiger partial charge on any atom is -0.477 e. The fraction of sp³-hybridized carbons (Fsp3) is 0.250. The van der Waals surface area contributed by atoms with E-state index in [2.05, 4.69) is 17.4 Å². The molecule has 1 heterocycles. The van der Waals surface area contributed by atoms with Gasteiger partial charge in [-0.05, 0) is 43.0 Å². The van der Waals surface area contributed by atoms with E-state index in [4.69, 9.17) is 5.11 Å². The van der Waals surface area contributed by atoms with Gasteiger partial charge in [0, 0.05) is 5.54 Å². The molecule has 0 bridgehead atoms. The Morgan fingerprint density at radius 2 is 1.67 bits per heavy atom. The van der Waals surface area contributed by atoms with E-state index in [1.54, 1.807) is 6.07 Å². The van der Waals surface area contributed by atoms with Crippen LogP contribution in [0.1, 0.15) is 37.4 Å². The van der Waals surface area contributed by atoms with Crippen LogP contribution in [0.4, 0.5) is 0 Å². The molecule has 0 fully saturated rings. The number of carboxylic acids is 1. The van der Waals surface area contributed by atoms with Crippen molar-refractivity contribution in [2.75, 3.05) is 0 Å². The van der Waals surface area contributed by atoms with Crippen molar-refractivity contribution in [1.82, 2.24) is 5.32 Å². The Kier molecular flexibility index (Phi) is 3.29. The molecular formula is C16H15NO3S. The van der Waals surface area contributed by atoms with Crippen LogP contribution < -0.4 is 5.32 Å². The number of hydrogen-bond acceptors (Lipinski definition) is 3. The summed E-state index contributed by atoms with van der Waals surface area (Å²) in [7, 11) is 0. The molecule has 0 radical (unpaired) electrons. The third-order valence-electron chi connectivity index (χ3n) is 3.74. The van der Waals surface area contributed by atoms with Crippen molar-refractivity contribution < 1.29 is 14.7 Å². The number of carbonyl (C=O) groups is 2. The molecule has 1 aromatic heterocycles. The molecule has 2 aromatic rings. The van der Waals surface area contributed by atoms with Crippen molar-refractivity contribution in [1.29, 1.82) is 0 Å². The number of carboxylic acid groups (broad SMARTS) is 1. The Morgan fingerprint density at radius 1 is 1.10 bits per heavy atom. The van der Waals surface area contributed by atoms with Crippen LogP contribution in [0.15, 0.2) is 36.4 Å². The van der Waals surface area contributed by atoms with Gasteiger partial charge < -0.3 is 10.4 Å². The first-order chi connectivity index (χ1) is 9.97. The molecule has 1 amide bonds. The lowest BCUT2D eigenvalue weighted by Gasteiger charge is -2.25. The molecule has 1 aliphatic carbocycles. The Morgan fingerprint density at radius 3 is 2.19 bits per heavy atom. The number of thiophene rings is 1. The molecule has 5 heteroatoms. The van der Waals surface area contributed by atoms with Gasteiger partial charge in [-0.3, -0.25) is 4.79 Å². The minimum absolute atomic E-state index is 0.181. The highest BCUT2D eigenvalue weighted by molar-refractivity contribution is 7.15. The monoisotopic (exact) mass is 301 g/mol. The van der Waals surface area contributed by atoms with E-state index in [0.717, 1.165) is 24.2 Å². The van der Waals surface area contributed by atoms with Gasteiger partial charge in [0.25, 0.3) is 5.91 Å². The first-order valence-corrected chi connectivity index (χ1v) is 7.51. The summed E-state index contributed by atoms with van der Waals surface area (Å²) in [5.74, 6) is -1.21. The van der Waals surface area contributed by atoms with Crippen LogP contribution >= 0.6 is 11.3 Å². The van der Waals surface area contributed by atoms with Crippen LogP contribution in [0.2, 0.25) is 0 Å². The van der Waals surface area contributed by atoms with Gasteiger partial charge in [0.15, 0.2) is 0 Å². The van der Waals surface area contributed by atoms with Crippen LogP contribution in [0.3, 0.4) is 0 Å². The molecule has 0 saturated carbocycles. The molecule has 1 aliphatic rings. The van der Waals surface area contributed by atoms with Crippen LogP contribution in [0.5, 0.6) is 0 Å². The van der Waals surface area contributed by atoms with Crippen LogP contribution in [-0.2, 0) is 12.8 Å². The summed E-state index contributed by atoms with van der Waals surface area (Å²) >= 11 is 1.00. The lowest BCUT2D eigenvalue weighted by molar-refractivity contribution is 0.0702. The smallest absolute Gasteiger partial charge is 0.345 e. The first kappa shape index (κ1) is 13.8. The van der Waals surface area contributed by atoms with Gasteiger partial charge in [0.2, 0.25) is 0 Å².